The highest BCUT2D eigenvalue weighted by molar-refractivity contribution is 5.67. The summed E-state index contributed by atoms with van der Waals surface area (Å²) in [6.07, 6.45) is 1.11. The molecule has 2 rings (SSSR count). The van der Waals surface area contributed by atoms with Gasteiger partial charge in [0, 0.05) is 31.6 Å². The fraction of sp³-hybridized carbons (Fsp3) is 0.571. The third kappa shape index (κ3) is 2.94. The molecule has 1 aromatic carbocycles. The van der Waals surface area contributed by atoms with Crippen LogP contribution in [-0.2, 0) is 15.9 Å². The van der Waals surface area contributed by atoms with Crippen LogP contribution in [0.25, 0.3) is 0 Å². The molecule has 100 valence electrons. The molecule has 0 saturated heterocycles. The molecule has 0 aliphatic carbocycles. The van der Waals surface area contributed by atoms with Gasteiger partial charge in [-0.2, -0.15) is 0 Å². The Kier molecular flexibility index (Phi) is 4.44. The van der Waals surface area contributed by atoms with Crippen LogP contribution in [0.15, 0.2) is 12.1 Å². The highest BCUT2D eigenvalue weighted by Crippen LogP contribution is 2.31. The fourth-order valence-electron chi connectivity index (χ4n) is 2.29. The molecule has 0 fully saturated rings. The van der Waals surface area contributed by atoms with Crippen LogP contribution in [0.3, 0.4) is 0 Å². The Balaban J connectivity index is 1.89. The molecule has 1 aliphatic heterocycles. The Labute approximate surface area is 109 Å². The van der Waals surface area contributed by atoms with Crippen LogP contribution >= 0.6 is 0 Å². The zero-order chi connectivity index (χ0) is 13.0. The van der Waals surface area contributed by atoms with Gasteiger partial charge in [-0.25, -0.2) is 0 Å². The summed E-state index contributed by atoms with van der Waals surface area (Å²) in [6.45, 7) is 6.09. The van der Waals surface area contributed by atoms with E-state index in [-0.39, 0.29) is 0 Å². The summed E-state index contributed by atoms with van der Waals surface area (Å²) in [5.41, 5.74) is 10.7. The monoisotopic (exact) mass is 250 g/mol. The fourth-order valence-corrected chi connectivity index (χ4v) is 2.29. The van der Waals surface area contributed by atoms with Crippen LogP contribution in [0, 0.1) is 6.92 Å². The van der Waals surface area contributed by atoms with Crippen LogP contribution in [0.5, 0.6) is 0 Å². The van der Waals surface area contributed by atoms with Crippen molar-refractivity contribution in [3.8, 4) is 0 Å². The van der Waals surface area contributed by atoms with Crippen molar-refractivity contribution in [1.82, 2.24) is 0 Å². The highest BCUT2D eigenvalue weighted by Gasteiger charge is 2.19. The van der Waals surface area contributed by atoms with E-state index < -0.39 is 0 Å². The number of methoxy groups -OCH3 is 1. The van der Waals surface area contributed by atoms with Gasteiger partial charge < -0.3 is 20.1 Å². The van der Waals surface area contributed by atoms with Gasteiger partial charge >= 0.3 is 0 Å². The summed E-state index contributed by atoms with van der Waals surface area (Å²) in [5, 5.41) is 0. The third-order valence-electron chi connectivity index (χ3n) is 3.40. The van der Waals surface area contributed by atoms with Crippen molar-refractivity contribution < 1.29 is 9.47 Å². The second kappa shape index (κ2) is 6.07. The van der Waals surface area contributed by atoms with Crippen molar-refractivity contribution in [2.45, 2.75) is 13.3 Å². The Morgan fingerprint density at radius 2 is 2.11 bits per heavy atom. The number of ether oxygens (including phenoxy) is 2. The molecule has 4 heteroatoms. The van der Waals surface area contributed by atoms with Crippen molar-refractivity contribution in [3.05, 3.63) is 23.3 Å². The van der Waals surface area contributed by atoms with Crippen LogP contribution < -0.4 is 10.6 Å². The maximum Gasteiger partial charge on any atom is 0.0701 e. The average Bonchev–Trinajstić information content (AvgIpc) is 2.72. The summed E-state index contributed by atoms with van der Waals surface area (Å²) >= 11 is 0. The van der Waals surface area contributed by atoms with Crippen LogP contribution in [0.2, 0.25) is 0 Å². The molecule has 0 bridgehead atoms. The van der Waals surface area contributed by atoms with E-state index in [0.29, 0.717) is 13.2 Å². The van der Waals surface area contributed by atoms with Crippen molar-refractivity contribution in [3.63, 3.8) is 0 Å². The van der Waals surface area contributed by atoms with Crippen LogP contribution in [-0.4, -0.2) is 40.0 Å². The molecule has 4 nitrogen and oxygen atoms in total. The number of nitrogens with two attached hydrogens (primary N) is 1. The van der Waals surface area contributed by atoms with Gasteiger partial charge in [-0.05, 0) is 30.5 Å². The lowest BCUT2D eigenvalue weighted by atomic mass is 10.1. The van der Waals surface area contributed by atoms with Gasteiger partial charge in [0.15, 0.2) is 0 Å². The number of anilines is 2. The molecule has 0 unspecified atom stereocenters. The topological polar surface area (TPSA) is 47.7 Å². The van der Waals surface area contributed by atoms with E-state index in [1.54, 1.807) is 7.11 Å². The first kappa shape index (κ1) is 13.2. The number of fused-ring (bicyclic) bond motifs is 1. The van der Waals surface area contributed by atoms with Gasteiger partial charge in [0.05, 0.1) is 19.8 Å². The molecule has 0 spiro atoms. The lowest BCUT2D eigenvalue weighted by molar-refractivity contribution is 0.0742. The maximum absolute atomic E-state index is 5.98. The summed E-state index contributed by atoms with van der Waals surface area (Å²) in [6, 6.07) is 4.29. The first-order valence-electron chi connectivity index (χ1n) is 6.43. The molecule has 0 saturated carbocycles. The van der Waals surface area contributed by atoms with Gasteiger partial charge in [0.25, 0.3) is 0 Å². The second-order valence-corrected chi connectivity index (χ2v) is 4.68. The number of nitrogens with zero attached hydrogens (tertiary/aromatic N) is 1. The van der Waals surface area contributed by atoms with Gasteiger partial charge in [0.2, 0.25) is 0 Å². The first-order chi connectivity index (χ1) is 8.72. The molecule has 2 N–H and O–H groups in total. The summed E-state index contributed by atoms with van der Waals surface area (Å²) in [4.78, 5) is 2.35. The van der Waals surface area contributed by atoms with Gasteiger partial charge in [0.1, 0.15) is 0 Å². The third-order valence-corrected chi connectivity index (χ3v) is 3.40. The summed E-state index contributed by atoms with van der Waals surface area (Å²) in [5.74, 6) is 0. The second-order valence-electron chi connectivity index (χ2n) is 4.68. The van der Waals surface area contributed by atoms with Gasteiger partial charge in [-0.15, -0.1) is 0 Å². The normalized spacial score (nSPS) is 14.0. The van der Waals surface area contributed by atoms with Crippen molar-refractivity contribution >= 4 is 11.4 Å². The van der Waals surface area contributed by atoms with E-state index in [4.69, 9.17) is 15.2 Å². The lowest BCUT2D eigenvalue weighted by Gasteiger charge is -2.20. The minimum Gasteiger partial charge on any atom is -0.398 e. The van der Waals surface area contributed by atoms with E-state index in [0.717, 1.165) is 31.8 Å². The van der Waals surface area contributed by atoms with E-state index in [2.05, 4.69) is 24.0 Å². The first-order valence-corrected chi connectivity index (χ1v) is 6.43. The largest absolute Gasteiger partial charge is 0.398 e. The number of aryl methyl sites for hydroxylation is 1. The Morgan fingerprint density at radius 3 is 2.89 bits per heavy atom. The molecule has 0 radical (unpaired) electrons. The van der Waals surface area contributed by atoms with E-state index in [9.17, 15) is 0 Å². The predicted octanol–water partition coefficient (Wildman–Crippen LogP) is 1.60. The van der Waals surface area contributed by atoms with Crippen molar-refractivity contribution in [2.24, 2.45) is 0 Å². The Bertz CT molecular complexity index is 407. The molecule has 0 aromatic heterocycles. The molecule has 1 aromatic rings. The minimum absolute atomic E-state index is 0.655. The molecule has 1 heterocycles. The lowest BCUT2D eigenvalue weighted by Crippen LogP contribution is -2.25. The quantitative estimate of drug-likeness (QED) is 0.615. The minimum atomic E-state index is 0.655. The van der Waals surface area contributed by atoms with Crippen molar-refractivity contribution in [2.75, 3.05) is 50.7 Å². The number of nitrogen functional groups attached to an aromatic ring is 1. The average molecular weight is 250 g/mol. The highest BCUT2D eigenvalue weighted by atomic mass is 16.5. The number of benzene rings is 1. The Hall–Kier alpha value is -1.26. The Morgan fingerprint density at radius 1 is 1.28 bits per heavy atom. The number of hydrogen-bond donors (Lipinski definition) is 1. The van der Waals surface area contributed by atoms with Gasteiger partial charge in [-0.3, -0.25) is 0 Å². The molecule has 1 aliphatic rings. The molecular formula is C14H22N2O2. The summed E-state index contributed by atoms with van der Waals surface area (Å²) in [7, 11) is 1.69. The molecule has 0 atom stereocenters. The predicted molar refractivity (Wildman–Crippen MR) is 74.2 cm³/mol. The van der Waals surface area contributed by atoms with Crippen LogP contribution in [0.4, 0.5) is 11.4 Å². The maximum atomic E-state index is 5.98. The zero-order valence-corrected chi connectivity index (χ0v) is 11.2. The smallest absolute Gasteiger partial charge is 0.0701 e. The van der Waals surface area contributed by atoms with E-state index >= 15 is 0 Å². The number of hydrogen-bond acceptors (Lipinski definition) is 4. The standard InChI is InChI=1S/C14H22N2O2/c1-11-9-12-3-4-16(14(12)10-13(11)15)5-6-18-8-7-17-2/h9-10H,3-8,15H2,1-2H3. The number of rotatable bonds is 6. The molecular weight excluding hydrogens is 228 g/mol. The SMILES string of the molecule is COCCOCCN1CCc2cc(C)c(N)cc21. The van der Waals surface area contributed by atoms with E-state index in [1.807, 2.05) is 0 Å². The summed E-state index contributed by atoms with van der Waals surface area (Å²) < 4.78 is 10.5. The van der Waals surface area contributed by atoms with Crippen LogP contribution in [0.1, 0.15) is 11.1 Å². The van der Waals surface area contributed by atoms with E-state index in [1.165, 1.54) is 16.8 Å². The molecule has 18 heavy (non-hydrogen) atoms. The van der Waals surface area contributed by atoms with Crippen molar-refractivity contribution in [1.29, 1.82) is 0 Å². The zero-order valence-electron chi connectivity index (χ0n) is 11.2. The molecule has 0 amide bonds. The van der Waals surface area contributed by atoms with Gasteiger partial charge in [-0.1, -0.05) is 6.07 Å².